The molecule has 2 rings (SSSR count). The van der Waals surface area contributed by atoms with Crippen LogP contribution in [0.1, 0.15) is 37.1 Å². The van der Waals surface area contributed by atoms with Gasteiger partial charge in [-0.3, -0.25) is 4.68 Å². The van der Waals surface area contributed by atoms with Gasteiger partial charge in [0.05, 0.1) is 13.3 Å². The van der Waals surface area contributed by atoms with Crippen LogP contribution in [0.4, 0.5) is 0 Å². The van der Waals surface area contributed by atoms with Gasteiger partial charge in [0, 0.05) is 41.5 Å². The fourth-order valence-corrected chi connectivity index (χ4v) is 2.45. The van der Waals surface area contributed by atoms with E-state index in [9.17, 15) is 0 Å². The van der Waals surface area contributed by atoms with E-state index in [1.165, 1.54) is 0 Å². The lowest BCUT2D eigenvalue weighted by Crippen LogP contribution is -2.22. The van der Waals surface area contributed by atoms with Crippen molar-refractivity contribution in [3.8, 4) is 5.75 Å². The van der Waals surface area contributed by atoms with Crippen molar-refractivity contribution in [3.05, 3.63) is 46.7 Å². The van der Waals surface area contributed by atoms with Crippen molar-refractivity contribution in [2.24, 2.45) is 7.05 Å². The van der Waals surface area contributed by atoms with E-state index in [0.29, 0.717) is 5.02 Å². The number of halogens is 1. The minimum Gasteiger partial charge on any atom is -0.496 e. The fraction of sp³-hybridized carbons (Fsp3) is 0.400. The van der Waals surface area contributed by atoms with Crippen LogP contribution in [0.3, 0.4) is 0 Å². The third kappa shape index (κ3) is 3.32. The van der Waals surface area contributed by atoms with Crippen LogP contribution in [0, 0.1) is 0 Å². The van der Waals surface area contributed by atoms with Gasteiger partial charge >= 0.3 is 0 Å². The highest BCUT2D eigenvalue weighted by Gasteiger charge is 2.16. The van der Waals surface area contributed by atoms with E-state index < -0.39 is 0 Å². The summed E-state index contributed by atoms with van der Waals surface area (Å²) in [5.74, 6) is 0.841. The zero-order valence-corrected chi connectivity index (χ0v) is 13.0. The van der Waals surface area contributed by atoms with Gasteiger partial charge in [-0.15, -0.1) is 0 Å². The van der Waals surface area contributed by atoms with Crippen molar-refractivity contribution in [2.75, 3.05) is 7.11 Å². The highest BCUT2D eigenvalue weighted by Crippen LogP contribution is 2.29. The molecule has 108 valence electrons. The summed E-state index contributed by atoms with van der Waals surface area (Å²) >= 11 is 6.08. The number of aryl methyl sites for hydroxylation is 1. The van der Waals surface area contributed by atoms with E-state index in [4.69, 9.17) is 16.3 Å². The number of nitrogens with one attached hydrogen (secondary N) is 1. The number of nitrogens with zero attached hydrogens (tertiary/aromatic N) is 2. The van der Waals surface area contributed by atoms with E-state index in [0.717, 1.165) is 16.9 Å². The molecule has 0 spiro atoms. The molecule has 0 aliphatic rings. The Morgan fingerprint density at radius 1 is 1.30 bits per heavy atom. The summed E-state index contributed by atoms with van der Waals surface area (Å²) in [5.41, 5.74) is 2.20. The van der Waals surface area contributed by atoms with Crippen LogP contribution < -0.4 is 10.1 Å². The van der Waals surface area contributed by atoms with Crippen LogP contribution in [-0.2, 0) is 7.05 Å². The third-order valence-electron chi connectivity index (χ3n) is 3.38. The van der Waals surface area contributed by atoms with Crippen LogP contribution >= 0.6 is 11.6 Å². The van der Waals surface area contributed by atoms with Crippen LogP contribution in [-0.4, -0.2) is 16.9 Å². The van der Waals surface area contributed by atoms with Gasteiger partial charge < -0.3 is 10.1 Å². The Balaban J connectivity index is 2.15. The Hall–Kier alpha value is -1.52. The smallest absolute Gasteiger partial charge is 0.123 e. The van der Waals surface area contributed by atoms with Gasteiger partial charge in [0.25, 0.3) is 0 Å². The van der Waals surface area contributed by atoms with E-state index in [-0.39, 0.29) is 12.1 Å². The molecule has 2 aromatic rings. The fourth-order valence-electron chi connectivity index (χ4n) is 2.27. The molecular weight excluding hydrogens is 274 g/mol. The molecule has 5 heteroatoms. The third-order valence-corrected chi connectivity index (χ3v) is 3.62. The quantitative estimate of drug-likeness (QED) is 0.917. The van der Waals surface area contributed by atoms with E-state index >= 15 is 0 Å². The summed E-state index contributed by atoms with van der Waals surface area (Å²) in [6.07, 6.45) is 3.89. The molecular formula is C15H20ClN3O. The lowest BCUT2D eigenvalue weighted by molar-refractivity contribution is 0.396. The van der Waals surface area contributed by atoms with Crippen LogP contribution in [0.5, 0.6) is 5.75 Å². The number of aromatic nitrogens is 2. The molecule has 0 saturated heterocycles. The standard InChI is InChI=1S/C15H20ClN3O/c1-10(12-8-17-19(3)9-12)18-11(2)14-7-13(16)5-6-15(14)20-4/h5-11,18H,1-4H3/t10-,11-/m1/s1. The number of rotatable bonds is 5. The number of methoxy groups -OCH3 is 1. The molecule has 0 fully saturated rings. The highest BCUT2D eigenvalue weighted by atomic mass is 35.5. The molecule has 4 nitrogen and oxygen atoms in total. The topological polar surface area (TPSA) is 39.1 Å². The molecule has 0 bridgehead atoms. The Kier molecular flexibility index (Phi) is 4.68. The molecule has 0 aliphatic heterocycles. The predicted octanol–water partition coefficient (Wildman–Crippen LogP) is 3.49. The van der Waals surface area contributed by atoms with Gasteiger partial charge in [-0.2, -0.15) is 5.10 Å². The lowest BCUT2D eigenvalue weighted by Gasteiger charge is -2.21. The van der Waals surface area contributed by atoms with Crippen molar-refractivity contribution >= 4 is 11.6 Å². The molecule has 0 amide bonds. The summed E-state index contributed by atoms with van der Waals surface area (Å²) in [5, 5.41) is 8.44. The van der Waals surface area contributed by atoms with Gasteiger partial charge in [0.1, 0.15) is 5.75 Å². The summed E-state index contributed by atoms with van der Waals surface area (Å²) in [7, 11) is 3.59. The second-order valence-electron chi connectivity index (χ2n) is 4.94. The molecule has 20 heavy (non-hydrogen) atoms. The molecule has 1 aromatic carbocycles. The maximum atomic E-state index is 6.08. The molecule has 1 heterocycles. The molecule has 0 saturated carbocycles. The summed E-state index contributed by atoms with van der Waals surface area (Å²) in [6, 6.07) is 5.99. The van der Waals surface area contributed by atoms with Gasteiger partial charge in [0.2, 0.25) is 0 Å². The normalized spacial score (nSPS) is 14.1. The monoisotopic (exact) mass is 293 g/mol. The van der Waals surface area contributed by atoms with Crippen LogP contribution in [0.15, 0.2) is 30.6 Å². The SMILES string of the molecule is COc1ccc(Cl)cc1[C@@H](C)N[C@H](C)c1cnn(C)c1. The molecule has 0 radical (unpaired) electrons. The zero-order chi connectivity index (χ0) is 14.7. The largest absolute Gasteiger partial charge is 0.496 e. The number of hydrogen-bond acceptors (Lipinski definition) is 3. The van der Waals surface area contributed by atoms with Crippen molar-refractivity contribution in [1.82, 2.24) is 15.1 Å². The zero-order valence-electron chi connectivity index (χ0n) is 12.2. The summed E-state index contributed by atoms with van der Waals surface area (Å²) < 4.78 is 7.20. The van der Waals surface area contributed by atoms with Crippen molar-refractivity contribution in [3.63, 3.8) is 0 Å². The van der Waals surface area contributed by atoms with Crippen LogP contribution in [0.25, 0.3) is 0 Å². The van der Waals surface area contributed by atoms with Gasteiger partial charge in [-0.05, 0) is 32.0 Å². The maximum Gasteiger partial charge on any atom is 0.123 e. The number of benzene rings is 1. The summed E-state index contributed by atoms with van der Waals surface area (Å²) in [4.78, 5) is 0. The minimum atomic E-state index is 0.124. The Morgan fingerprint density at radius 3 is 2.65 bits per heavy atom. The predicted molar refractivity (Wildman–Crippen MR) is 81.2 cm³/mol. The average molecular weight is 294 g/mol. The Morgan fingerprint density at radius 2 is 2.05 bits per heavy atom. The first-order valence-electron chi connectivity index (χ1n) is 6.59. The lowest BCUT2D eigenvalue weighted by atomic mass is 10.0. The first kappa shape index (κ1) is 14.9. The van der Waals surface area contributed by atoms with Crippen molar-refractivity contribution < 1.29 is 4.74 Å². The minimum absolute atomic E-state index is 0.124. The van der Waals surface area contributed by atoms with E-state index in [1.807, 2.05) is 37.6 Å². The Labute approximate surface area is 124 Å². The first-order valence-corrected chi connectivity index (χ1v) is 6.97. The van der Waals surface area contributed by atoms with E-state index in [2.05, 4.69) is 24.3 Å². The van der Waals surface area contributed by atoms with Gasteiger partial charge in [-0.1, -0.05) is 11.6 Å². The first-order chi connectivity index (χ1) is 9.51. The Bertz CT molecular complexity index is 582. The maximum absolute atomic E-state index is 6.08. The second kappa shape index (κ2) is 6.29. The van der Waals surface area contributed by atoms with Gasteiger partial charge in [-0.25, -0.2) is 0 Å². The molecule has 1 N–H and O–H groups in total. The van der Waals surface area contributed by atoms with Crippen molar-refractivity contribution in [1.29, 1.82) is 0 Å². The molecule has 0 unspecified atom stereocenters. The average Bonchev–Trinajstić information content (AvgIpc) is 2.85. The van der Waals surface area contributed by atoms with Gasteiger partial charge in [0.15, 0.2) is 0 Å². The highest BCUT2D eigenvalue weighted by molar-refractivity contribution is 6.30. The number of ether oxygens (including phenoxy) is 1. The number of hydrogen-bond donors (Lipinski definition) is 1. The molecule has 1 aromatic heterocycles. The van der Waals surface area contributed by atoms with E-state index in [1.54, 1.807) is 11.8 Å². The molecule has 0 aliphatic carbocycles. The summed E-state index contributed by atoms with van der Waals surface area (Å²) in [6.45, 7) is 4.21. The molecule has 2 atom stereocenters. The van der Waals surface area contributed by atoms with Crippen molar-refractivity contribution in [2.45, 2.75) is 25.9 Å². The second-order valence-corrected chi connectivity index (χ2v) is 5.38. The van der Waals surface area contributed by atoms with Crippen LogP contribution in [0.2, 0.25) is 5.02 Å².